The van der Waals surface area contributed by atoms with Gasteiger partial charge in [0, 0.05) is 18.7 Å². The number of fused-ring (bicyclic) bond motifs is 1. The molecule has 174 valence electrons. The van der Waals surface area contributed by atoms with E-state index in [4.69, 9.17) is 11.6 Å². The highest BCUT2D eigenvalue weighted by Gasteiger charge is 2.23. The van der Waals surface area contributed by atoms with E-state index >= 15 is 0 Å². The lowest BCUT2D eigenvalue weighted by molar-refractivity contribution is 0.0983. The number of rotatable bonds is 9. The van der Waals surface area contributed by atoms with E-state index in [0.29, 0.717) is 34.3 Å². The van der Waals surface area contributed by atoms with Gasteiger partial charge in [-0.05, 0) is 49.5 Å². The molecular formula is C22H27Cl2N3O3S2. The monoisotopic (exact) mass is 515 g/mol. The predicted octanol–water partition coefficient (Wildman–Crippen LogP) is 5.15. The lowest BCUT2D eigenvalue weighted by atomic mass is 10.2. The number of amides is 1. The summed E-state index contributed by atoms with van der Waals surface area (Å²) in [4.78, 5) is 22.2. The molecule has 0 fully saturated rings. The maximum Gasteiger partial charge on any atom is 0.260 e. The number of halogens is 2. The van der Waals surface area contributed by atoms with Gasteiger partial charge < -0.3 is 4.90 Å². The van der Waals surface area contributed by atoms with E-state index in [1.165, 1.54) is 23.5 Å². The molecule has 0 radical (unpaired) electrons. The first-order valence-electron chi connectivity index (χ1n) is 10.2. The van der Waals surface area contributed by atoms with Crippen LogP contribution < -0.4 is 4.90 Å². The third-order valence-corrected chi connectivity index (χ3v) is 8.31. The summed E-state index contributed by atoms with van der Waals surface area (Å²) < 4.78 is 25.1. The molecule has 2 aromatic carbocycles. The van der Waals surface area contributed by atoms with E-state index in [2.05, 4.69) is 23.7 Å². The topological polar surface area (TPSA) is 70.6 Å². The summed E-state index contributed by atoms with van der Waals surface area (Å²) in [7, 11) is -3.32. The van der Waals surface area contributed by atoms with Crippen molar-refractivity contribution in [2.75, 3.05) is 36.8 Å². The van der Waals surface area contributed by atoms with E-state index in [-0.39, 0.29) is 29.0 Å². The van der Waals surface area contributed by atoms with E-state index in [1.807, 2.05) is 12.1 Å². The summed E-state index contributed by atoms with van der Waals surface area (Å²) in [5.41, 5.74) is 1.09. The fourth-order valence-electron chi connectivity index (χ4n) is 3.21. The molecule has 10 heteroatoms. The van der Waals surface area contributed by atoms with Crippen molar-refractivity contribution in [3.05, 3.63) is 53.1 Å². The number of benzene rings is 2. The van der Waals surface area contributed by atoms with Gasteiger partial charge in [-0.1, -0.05) is 49.8 Å². The van der Waals surface area contributed by atoms with Crippen LogP contribution in [0.4, 0.5) is 5.13 Å². The van der Waals surface area contributed by atoms with Gasteiger partial charge in [-0.15, -0.1) is 12.4 Å². The second-order valence-electron chi connectivity index (χ2n) is 6.99. The second-order valence-corrected chi connectivity index (χ2v) is 10.7. The Labute approximate surface area is 204 Å². The number of carbonyl (C=O) groups is 1. The van der Waals surface area contributed by atoms with Crippen molar-refractivity contribution in [2.24, 2.45) is 0 Å². The van der Waals surface area contributed by atoms with Gasteiger partial charge in [0.2, 0.25) is 0 Å². The molecule has 1 aromatic heterocycles. The van der Waals surface area contributed by atoms with Gasteiger partial charge in [0.15, 0.2) is 15.0 Å². The van der Waals surface area contributed by atoms with Crippen molar-refractivity contribution >= 4 is 66.4 Å². The number of aromatic nitrogens is 1. The number of anilines is 1. The molecule has 0 saturated carbocycles. The zero-order valence-electron chi connectivity index (χ0n) is 18.2. The van der Waals surface area contributed by atoms with Crippen LogP contribution in [-0.2, 0) is 9.84 Å². The molecule has 32 heavy (non-hydrogen) atoms. The molecule has 3 aromatic rings. The number of hydrogen-bond acceptors (Lipinski definition) is 6. The average molecular weight is 517 g/mol. The Morgan fingerprint density at radius 1 is 1.03 bits per heavy atom. The smallest absolute Gasteiger partial charge is 0.260 e. The molecule has 0 spiro atoms. The molecular weight excluding hydrogens is 489 g/mol. The minimum atomic E-state index is -3.32. The second kappa shape index (κ2) is 11.4. The lowest BCUT2D eigenvalue weighted by Gasteiger charge is -2.24. The van der Waals surface area contributed by atoms with Crippen LogP contribution in [0.3, 0.4) is 0 Å². The quantitative estimate of drug-likeness (QED) is 0.393. The highest BCUT2D eigenvalue weighted by atomic mass is 35.5. The summed E-state index contributed by atoms with van der Waals surface area (Å²) in [6.07, 6.45) is 0. The van der Waals surface area contributed by atoms with Gasteiger partial charge in [-0.25, -0.2) is 13.4 Å². The Bertz CT molecular complexity index is 1160. The minimum absolute atomic E-state index is 0. The molecule has 0 aliphatic carbocycles. The Morgan fingerprint density at radius 3 is 2.25 bits per heavy atom. The van der Waals surface area contributed by atoms with Crippen LogP contribution >= 0.6 is 35.3 Å². The van der Waals surface area contributed by atoms with Gasteiger partial charge >= 0.3 is 0 Å². The van der Waals surface area contributed by atoms with Crippen molar-refractivity contribution in [3.63, 3.8) is 0 Å². The van der Waals surface area contributed by atoms with Gasteiger partial charge in [-0.2, -0.15) is 0 Å². The summed E-state index contributed by atoms with van der Waals surface area (Å²) >= 11 is 7.71. The van der Waals surface area contributed by atoms with Crippen molar-refractivity contribution in [1.82, 2.24) is 9.88 Å². The van der Waals surface area contributed by atoms with E-state index in [9.17, 15) is 13.2 Å². The highest BCUT2D eigenvalue weighted by Crippen LogP contribution is 2.33. The molecule has 3 rings (SSSR count). The van der Waals surface area contributed by atoms with Gasteiger partial charge in [-0.3, -0.25) is 9.69 Å². The Morgan fingerprint density at radius 2 is 1.69 bits per heavy atom. The first kappa shape index (κ1) is 26.5. The molecule has 0 N–H and O–H groups in total. The van der Waals surface area contributed by atoms with Crippen molar-refractivity contribution in [1.29, 1.82) is 0 Å². The summed E-state index contributed by atoms with van der Waals surface area (Å²) in [5, 5.41) is 1.12. The number of sulfone groups is 1. The highest BCUT2D eigenvalue weighted by molar-refractivity contribution is 7.91. The molecule has 0 unspecified atom stereocenters. The normalized spacial score (nSPS) is 11.5. The molecule has 0 bridgehead atoms. The summed E-state index contributed by atoms with van der Waals surface area (Å²) in [6, 6.07) is 11.7. The minimum Gasteiger partial charge on any atom is -0.302 e. The Balaban J connectivity index is 0.00000363. The SMILES string of the molecule is CCN(CC)CCN(C(=O)c1ccc(S(=O)(=O)CC)cc1)c1nc2c(Cl)cccc2s1.Cl. The first-order valence-corrected chi connectivity index (χ1v) is 13.1. The molecule has 6 nitrogen and oxygen atoms in total. The number of nitrogens with zero attached hydrogens (tertiary/aromatic N) is 3. The number of thiazole rings is 1. The third-order valence-electron chi connectivity index (χ3n) is 5.21. The number of para-hydroxylation sites is 1. The Kier molecular flexibility index (Phi) is 9.48. The third kappa shape index (κ3) is 5.80. The molecule has 0 atom stereocenters. The van der Waals surface area contributed by atoms with E-state index in [0.717, 1.165) is 17.8 Å². The fourth-order valence-corrected chi connectivity index (χ4v) is 5.39. The van der Waals surface area contributed by atoms with Crippen molar-refractivity contribution in [3.8, 4) is 0 Å². The van der Waals surface area contributed by atoms with Crippen LogP contribution in [0.5, 0.6) is 0 Å². The van der Waals surface area contributed by atoms with Gasteiger partial charge in [0.05, 0.1) is 20.4 Å². The standard InChI is InChI=1S/C22H26ClN3O3S2.ClH/c1-4-25(5-2)14-15-26(22-24-20-18(23)8-7-9-19(20)30-22)21(27)16-10-12-17(13-11-16)31(28,29)6-3;/h7-13H,4-6,14-15H2,1-3H3;1H. The number of carbonyl (C=O) groups excluding carboxylic acids is 1. The average Bonchev–Trinajstić information content (AvgIpc) is 3.22. The van der Waals surface area contributed by atoms with Gasteiger partial charge in [0.1, 0.15) is 5.52 Å². The lowest BCUT2D eigenvalue weighted by Crippen LogP contribution is -2.38. The fraction of sp³-hybridized carbons (Fsp3) is 0.364. The molecule has 0 aliphatic rings. The maximum absolute atomic E-state index is 13.4. The summed E-state index contributed by atoms with van der Waals surface area (Å²) in [5.74, 6) is -0.203. The number of hydrogen-bond donors (Lipinski definition) is 0. The summed E-state index contributed by atoms with van der Waals surface area (Å²) in [6.45, 7) is 8.70. The zero-order chi connectivity index (χ0) is 22.6. The van der Waals surface area contributed by atoms with E-state index in [1.54, 1.807) is 30.0 Å². The maximum atomic E-state index is 13.4. The van der Waals surface area contributed by atoms with Crippen LogP contribution in [0.2, 0.25) is 5.02 Å². The van der Waals surface area contributed by atoms with Crippen LogP contribution in [0.25, 0.3) is 10.2 Å². The molecule has 0 aliphatic heterocycles. The van der Waals surface area contributed by atoms with E-state index < -0.39 is 9.84 Å². The van der Waals surface area contributed by atoms with Crippen molar-refractivity contribution in [2.45, 2.75) is 25.7 Å². The van der Waals surface area contributed by atoms with Crippen LogP contribution in [0, 0.1) is 0 Å². The van der Waals surface area contributed by atoms with Gasteiger partial charge in [0.25, 0.3) is 5.91 Å². The largest absolute Gasteiger partial charge is 0.302 e. The molecule has 1 heterocycles. The molecule has 1 amide bonds. The zero-order valence-corrected chi connectivity index (χ0v) is 21.5. The van der Waals surface area contributed by atoms with Crippen LogP contribution in [0.1, 0.15) is 31.1 Å². The van der Waals surface area contributed by atoms with Crippen LogP contribution in [-0.4, -0.2) is 56.1 Å². The predicted molar refractivity (Wildman–Crippen MR) is 136 cm³/mol. The van der Waals surface area contributed by atoms with Crippen LogP contribution in [0.15, 0.2) is 47.4 Å². The first-order chi connectivity index (χ1) is 14.8. The van der Waals surface area contributed by atoms with Crippen molar-refractivity contribution < 1.29 is 13.2 Å². The Hall–Kier alpha value is -1.71. The number of likely N-dealkylation sites (N-methyl/N-ethyl adjacent to an activating group) is 1. The molecule has 0 saturated heterocycles.